The van der Waals surface area contributed by atoms with Crippen molar-refractivity contribution in [1.82, 2.24) is 10.6 Å². The standard InChI is InChI=1S/C55H57N7O11/c1-31(58-50(63)16-10-11-17-51(64)71-5)52(65)59-32(2)53(66)60-37-19-33(29-72-48-25-42-40(23-46(48)69-3)54(67)61-38(27-56-42)21-35-12-6-8-14-44(35)61)18-34(20-37)30-73-49-26-43-41(24-47(49)70-4)55(68)62-39(28-57-43)22-36-13-7-9-15-45(36)62/h6-9,12-15,18-20,23-27,31-32,38-39,57H,10-11,16-17,21-22,28-30H2,1-5H3,(H,58,63)(H,59,65)(H,60,66)/t31-,32+,38-,39-/m0/s1. The van der Waals surface area contributed by atoms with Crippen LogP contribution in [0.15, 0.2) is 96.0 Å². The number of fused-ring (bicyclic) bond motifs is 8. The number of unbranched alkanes of at least 4 members (excludes halogenated alkanes) is 1. The van der Waals surface area contributed by atoms with Crippen molar-refractivity contribution in [2.75, 3.05) is 48.3 Å². The van der Waals surface area contributed by atoms with Gasteiger partial charge in [-0.1, -0.05) is 36.4 Å². The number of nitrogens with one attached hydrogen (secondary N) is 4. The monoisotopic (exact) mass is 991 g/mol. The Morgan fingerprint density at radius 3 is 1.97 bits per heavy atom. The van der Waals surface area contributed by atoms with Crippen molar-refractivity contribution in [3.05, 3.63) is 124 Å². The smallest absolute Gasteiger partial charge is 0.305 e. The van der Waals surface area contributed by atoms with E-state index in [-0.39, 0.29) is 61.8 Å². The van der Waals surface area contributed by atoms with Crippen molar-refractivity contribution >= 4 is 70.2 Å². The summed E-state index contributed by atoms with van der Waals surface area (Å²) < 4.78 is 29.0. The van der Waals surface area contributed by atoms with E-state index >= 15 is 0 Å². The molecule has 0 aromatic heterocycles. The zero-order valence-corrected chi connectivity index (χ0v) is 41.2. The van der Waals surface area contributed by atoms with Crippen LogP contribution in [0.3, 0.4) is 0 Å². The Morgan fingerprint density at radius 2 is 1.29 bits per heavy atom. The minimum absolute atomic E-state index is 0.00604. The maximum Gasteiger partial charge on any atom is 0.305 e. The number of carbonyl (C=O) groups excluding carboxylic acids is 6. The number of aliphatic imine (C=N–C) groups is 1. The molecule has 5 amide bonds. The Morgan fingerprint density at radius 1 is 0.685 bits per heavy atom. The Bertz CT molecular complexity index is 3030. The summed E-state index contributed by atoms with van der Waals surface area (Å²) in [5.41, 5.74) is 7.39. The van der Waals surface area contributed by atoms with E-state index in [2.05, 4.69) is 26.0 Å². The van der Waals surface area contributed by atoms with Crippen molar-refractivity contribution in [3.63, 3.8) is 0 Å². The van der Waals surface area contributed by atoms with Crippen LogP contribution in [0.2, 0.25) is 0 Å². The fourth-order valence-corrected chi connectivity index (χ4v) is 9.62. The van der Waals surface area contributed by atoms with Crippen LogP contribution in [-0.2, 0) is 50.0 Å². The van der Waals surface area contributed by atoms with E-state index in [1.807, 2.05) is 59.5 Å². The van der Waals surface area contributed by atoms with Gasteiger partial charge in [0, 0.05) is 61.2 Å². The second kappa shape index (κ2) is 21.5. The molecule has 4 N–H and O–H groups in total. The number of hydrogen-bond acceptors (Lipinski definition) is 13. The molecule has 0 fully saturated rings. The van der Waals surface area contributed by atoms with E-state index < -0.39 is 23.9 Å². The van der Waals surface area contributed by atoms with Gasteiger partial charge in [-0.3, -0.25) is 38.7 Å². The van der Waals surface area contributed by atoms with Crippen LogP contribution in [0.25, 0.3) is 0 Å². The number of esters is 1. The van der Waals surface area contributed by atoms with Gasteiger partial charge in [0.2, 0.25) is 17.7 Å². The molecule has 378 valence electrons. The summed E-state index contributed by atoms with van der Waals surface area (Å²) in [4.78, 5) is 87.3. The zero-order chi connectivity index (χ0) is 51.3. The summed E-state index contributed by atoms with van der Waals surface area (Å²) in [7, 11) is 4.30. The molecule has 0 spiro atoms. The molecule has 0 aliphatic carbocycles. The summed E-state index contributed by atoms with van der Waals surface area (Å²) in [6, 6.07) is 25.5. The van der Waals surface area contributed by atoms with Crippen molar-refractivity contribution in [1.29, 1.82) is 0 Å². The highest BCUT2D eigenvalue weighted by Gasteiger charge is 2.39. The Kier molecular flexibility index (Phi) is 14.6. The van der Waals surface area contributed by atoms with Crippen LogP contribution < -0.4 is 50.0 Å². The largest absolute Gasteiger partial charge is 0.493 e. The van der Waals surface area contributed by atoms with E-state index in [0.717, 1.165) is 28.9 Å². The molecule has 4 aliphatic rings. The average molecular weight is 992 g/mol. The lowest BCUT2D eigenvalue weighted by Crippen LogP contribution is -2.50. The van der Waals surface area contributed by atoms with Gasteiger partial charge >= 0.3 is 5.97 Å². The first-order chi connectivity index (χ1) is 35.3. The maximum atomic E-state index is 14.1. The summed E-state index contributed by atoms with van der Waals surface area (Å²) in [5.74, 6) is -0.790. The van der Waals surface area contributed by atoms with Gasteiger partial charge in [0.05, 0.1) is 55.9 Å². The van der Waals surface area contributed by atoms with Crippen molar-refractivity contribution < 1.29 is 52.5 Å². The summed E-state index contributed by atoms with van der Waals surface area (Å²) in [6.45, 7) is 3.55. The molecule has 0 unspecified atom stereocenters. The quantitative estimate of drug-likeness (QED) is 0.0525. The SMILES string of the molecule is COC(=O)CCCCC(=O)N[C@@H](C)C(=O)N[C@H](C)C(=O)Nc1cc(COc2cc3c(cc2OC)C(=O)N2c4ccccc4C[C@H]2C=N3)cc(COc2cc3c(cc2OC)C(=O)N2c4ccccc4C[C@H]2CN3)c1. The second-order valence-corrected chi connectivity index (χ2v) is 18.4. The summed E-state index contributed by atoms with van der Waals surface area (Å²) >= 11 is 0. The predicted molar refractivity (Wildman–Crippen MR) is 274 cm³/mol. The Hall–Kier alpha value is -8.41. The molecule has 4 atom stereocenters. The van der Waals surface area contributed by atoms with Gasteiger partial charge in [-0.25, -0.2) is 0 Å². The van der Waals surface area contributed by atoms with Crippen molar-refractivity contribution in [2.45, 2.75) is 89.8 Å². The average Bonchev–Trinajstić information content (AvgIpc) is 3.89. The molecule has 9 rings (SSSR count). The van der Waals surface area contributed by atoms with Crippen LogP contribution in [0.4, 0.5) is 28.4 Å². The first-order valence-corrected chi connectivity index (χ1v) is 24.2. The normalized spacial score (nSPS) is 16.6. The number of anilines is 4. The Labute approximate surface area is 422 Å². The number of rotatable bonds is 18. The first-order valence-electron chi connectivity index (χ1n) is 24.2. The third-order valence-corrected chi connectivity index (χ3v) is 13.4. The number of nitrogens with zero attached hydrogens (tertiary/aromatic N) is 3. The van der Waals surface area contributed by atoms with Gasteiger partial charge in [-0.2, -0.15) is 0 Å². The Balaban J connectivity index is 0.931. The van der Waals surface area contributed by atoms with E-state index in [0.29, 0.717) is 88.1 Å². The number of carbonyl (C=O) groups is 6. The van der Waals surface area contributed by atoms with Gasteiger partial charge in [0.1, 0.15) is 25.3 Å². The highest BCUT2D eigenvalue weighted by molar-refractivity contribution is 6.15. The molecule has 0 bridgehead atoms. The molecular formula is C55H57N7O11. The van der Waals surface area contributed by atoms with E-state index in [1.165, 1.54) is 35.2 Å². The number of para-hydroxylation sites is 2. The van der Waals surface area contributed by atoms with Crippen molar-refractivity contribution in [2.24, 2.45) is 4.99 Å². The highest BCUT2D eigenvalue weighted by atomic mass is 16.5. The molecule has 5 aromatic rings. The van der Waals surface area contributed by atoms with Gasteiger partial charge in [0.15, 0.2) is 23.0 Å². The number of ether oxygens (including phenoxy) is 5. The maximum absolute atomic E-state index is 14.1. The lowest BCUT2D eigenvalue weighted by molar-refractivity contribution is -0.140. The third-order valence-electron chi connectivity index (χ3n) is 13.4. The first kappa shape index (κ1) is 49.6. The molecule has 5 aromatic carbocycles. The fourth-order valence-electron chi connectivity index (χ4n) is 9.62. The number of hydrogen-bond donors (Lipinski definition) is 4. The van der Waals surface area contributed by atoms with E-state index in [9.17, 15) is 28.8 Å². The molecule has 0 radical (unpaired) electrons. The predicted octanol–water partition coefficient (Wildman–Crippen LogP) is 6.83. The number of amides is 5. The fraction of sp³-hybridized carbons (Fsp3) is 0.327. The van der Waals surface area contributed by atoms with Gasteiger partial charge < -0.3 is 49.9 Å². The molecule has 4 heterocycles. The zero-order valence-electron chi connectivity index (χ0n) is 41.2. The third kappa shape index (κ3) is 10.6. The summed E-state index contributed by atoms with van der Waals surface area (Å²) in [5, 5.41) is 11.7. The number of benzene rings is 5. The number of methoxy groups -OCH3 is 3. The molecule has 4 aliphatic heterocycles. The lowest BCUT2D eigenvalue weighted by atomic mass is 10.1. The molecule has 0 saturated carbocycles. The van der Waals surface area contributed by atoms with E-state index in [4.69, 9.17) is 23.9 Å². The lowest BCUT2D eigenvalue weighted by Gasteiger charge is -2.22. The van der Waals surface area contributed by atoms with Crippen LogP contribution in [0.1, 0.15) is 82.5 Å². The minimum atomic E-state index is -1.02. The van der Waals surface area contributed by atoms with Gasteiger partial charge in [0.25, 0.3) is 11.8 Å². The van der Waals surface area contributed by atoms with Gasteiger partial charge in [-0.05, 0) is 97.8 Å². The molecular weight excluding hydrogens is 935 g/mol. The van der Waals surface area contributed by atoms with E-state index in [1.54, 1.807) is 47.5 Å². The second-order valence-electron chi connectivity index (χ2n) is 18.4. The van der Waals surface area contributed by atoms with Crippen molar-refractivity contribution in [3.8, 4) is 23.0 Å². The van der Waals surface area contributed by atoms with Crippen LogP contribution >= 0.6 is 0 Å². The molecule has 18 heteroatoms. The van der Waals surface area contributed by atoms with Crippen LogP contribution in [0, 0.1) is 0 Å². The minimum Gasteiger partial charge on any atom is -0.493 e. The van der Waals surface area contributed by atoms with Crippen LogP contribution in [0.5, 0.6) is 23.0 Å². The van der Waals surface area contributed by atoms with Crippen LogP contribution in [-0.4, -0.2) is 93.8 Å². The highest BCUT2D eigenvalue weighted by Crippen LogP contribution is 2.43. The molecule has 18 nitrogen and oxygen atoms in total. The molecule has 0 saturated heterocycles. The summed E-state index contributed by atoms with van der Waals surface area (Å²) in [6.07, 6.45) is 4.36. The topological polar surface area (TPSA) is 216 Å². The molecule has 73 heavy (non-hydrogen) atoms. The van der Waals surface area contributed by atoms with Gasteiger partial charge in [-0.15, -0.1) is 0 Å².